The highest BCUT2D eigenvalue weighted by Crippen LogP contribution is 2.26. The summed E-state index contributed by atoms with van der Waals surface area (Å²) >= 11 is 0. The van der Waals surface area contributed by atoms with E-state index in [9.17, 15) is 8.78 Å². The van der Waals surface area contributed by atoms with Gasteiger partial charge in [0, 0.05) is 11.8 Å². The Hall–Kier alpha value is -2.03. The molecule has 2 rings (SSSR count). The monoisotopic (exact) mass is 273 g/mol. The first kappa shape index (κ1) is 14.4. The van der Waals surface area contributed by atoms with Crippen LogP contribution in [-0.4, -0.2) is 4.98 Å². The van der Waals surface area contributed by atoms with Gasteiger partial charge in [-0.25, -0.2) is 8.78 Å². The standard InChI is InChI=1S/C17H17F2N/c1-4-12-9-13(6-7-16(12)19)14-8-11(3)17(20-10-14)15(18)5-2/h5-10H,4H2,1-3H3/b15-5+. The molecule has 1 aromatic heterocycles. The van der Waals surface area contributed by atoms with Crippen molar-refractivity contribution in [3.63, 3.8) is 0 Å². The summed E-state index contributed by atoms with van der Waals surface area (Å²) in [6.07, 6.45) is 3.65. The zero-order chi connectivity index (χ0) is 14.7. The molecule has 0 aliphatic heterocycles. The predicted octanol–water partition coefficient (Wildman–Crippen LogP) is 5.09. The van der Waals surface area contributed by atoms with Gasteiger partial charge in [-0.15, -0.1) is 0 Å². The van der Waals surface area contributed by atoms with Crippen LogP contribution in [0.5, 0.6) is 0 Å². The molecule has 0 saturated carbocycles. The van der Waals surface area contributed by atoms with Crippen molar-refractivity contribution in [3.8, 4) is 11.1 Å². The van der Waals surface area contributed by atoms with Gasteiger partial charge in [0.05, 0.1) is 0 Å². The minimum Gasteiger partial charge on any atom is -0.253 e. The molecule has 0 bridgehead atoms. The summed E-state index contributed by atoms with van der Waals surface area (Å²) in [5.74, 6) is -0.528. The Morgan fingerprint density at radius 1 is 1.25 bits per heavy atom. The van der Waals surface area contributed by atoms with E-state index in [1.165, 1.54) is 12.1 Å². The van der Waals surface area contributed by atoms with E-state index >= 15 is 0 Å². The summed E-state index contributed by atoms with van der Waals surface area (Å²) in [7, 11) is 0. The molecule has 1 nitrogen and oxygen atoms in total. The summed E-state index contributed by atoms with van der Waals surface area (Å²) in [5, 5.41) is 0. The zero-order valence-corrected chi connectivity index (χ0v) is 11.9. The van der Waals surface area contributed by atoms with Crippen LogP contribution in [0.1, 0.15) is 30.7 Å². The second-order valence-electron chi connectivity index (χ2n) is 4.69. The number of benzene rings is 1. The second-order valence-corrected chi connectivity index (χ2v) is 4.69. The molecule has 2 aromatic rings. The van der Waals surface area contributed by atoms with Crippen molar-refractivity contribution < 1.29 is 8.78 Å². The van der Waals surface area contributed by atoms with Gasteiger partial charge in [0.2, 0.25) is 0 Å². The molecule has 0 unspecified atom stereocenters. The van der Waals surface area contributed by atoms with E-state index in [4.69, 9.17) is 0 Å². The SMILES string of the molecule is C/C=C(/F)c1ncc(-c2ccc(F)c(CC)c2)cc1C. The molecule has 0 fully saturated rings. The maximum absolute atomic E-state index is 13.6. The highest BCUT2D eigenvalue weighted by molar-refractivity contribution is 5.67. The van der Waals surface area contributed by atoms with Gasteiger partial charge in [-0.05, 0) is 61.2 Å². The Balaban J connectivity index is 2.47. The number of halogens is 2. The van der Waals surface area contributed by atoms with Crippen LogP contribution in [0.15, 0.2) is 36.5 Å². The number of rotatable bonds is 3. The van der Waals surface area contributed by atoms with E-state index in [-0.39, 0.29) is 11.6 Å². The van der Waals surface area contributed by atoms with Crippen LogP contribution in [-0.2, 0) is 6.42 Å². The Morgan fingerprint density at radius 2 is 2.00 bits per heavy atom. The van der Waals surface area contributed by atoms with E-state index in [2.05, 4.69) is 4.98 Å². The first-order valence-electron chi connectivity index (χ1n) is 6.64. The number of hydrogen-bond donors (Lipinski definition) is 0. The maximum atomic E-state index is 13.6. The largest absolute Gasteiger partial charge is 0.253 e. The molecule has 20 heavy (non-hydrogen) atoms. The summed E-state index contributed by atoms with van der Waals surface area (Å²) in [4.78, 5) is 4.17. The molecule has 0 spiro atoms. The Morgan fingerprint density at radius 3 is 2.60 bits per heavy atom. The minimum absolute atomic E-state index is 0.197. The van der Waals surface area contributed by atoms with Crippen molar-refractivity contribution >= 4 is 5.83 Å². The summed E-state index contributed by atoms with van der Waals surface area (Å²) in [6, 6.07) is 6.87. The molecule has 3 heteroatoms. The highest BCUT2D eigenvalue weighted by atomic mass is 19.1. The molecule has 1 aromatic carbocycles. The van der Waals surface area contributed by atoms with Crippen LogP contribution in [0.3, 0.4) is 0 Å². The Bertz CT molecular complexity index is 660. The molecule has 0 amide bonds. The van der Waals surface area contributed by atoms with Gasteiger partial charge in [0.25, 0.3) is 0 Å². The molecule has 1 heterocycles. The first-order valence-corrected chi connectivity index (χ1v) is 6.64. The van der Waals surface area contributed by atoms with Crippen molar-refractivity contribution in [2.45, 2.75) is 27.2 Å². The van der Waals surface area contributed by atoms with E-state index in [1.807, 2.05) is 26.0 Å². The van der Waals surface area contributed by atoms with Crippen molar-refractivity contribution in [3.05, 3.63) is 59.2 Å². The van der Waals surface area contributed by atoms with Gasteiger partial charge in [-0.3, -0.25) is 4.98 Å². The third-order valence-corrected chi connectivity index (χ3v) is 3.32. The lowest BCUT2D eigenvalue weighted by Crippen LogP contribution is -1.93. The van der Waals surface area contributed by atoms with E-state index in [0.29, 0.717) is 17.7 Å². The number of pyridine rings is 1. The lowest BCUT2D eigenvalue weighted by atomic mass is 10.0. The molecule has 0 radical (unpaired) electrons. The number of hydrogen-bond acceptors (Lipinski definition) is 1. The van der Waals surface area contributed by atoms with Crippen LogP contribution >= 0.6 is 0 Å². The van der Waals surface area contributed by atoms with Crippen molar-refractivity contribution in [1.29, 1.82) is 0 Å². The fourth-order valence-electron chi connectivity index (χ4n) is 2.14. The summed E-state index contributed by atoms with van der Waals surface area (Å²) in [5.41, 5.74) is 3.55. The van der Waals surface area contributed by atoms with E-state index < -0.39 is 0 Å². The quantitative estimate of drug-likeness (QED) is 0.759. The molecular formula is C17H17F2N. The molecular weight excluding hydrogens is 256 g/mol. The Kier molecular flexibility index (Phi) is 4.28. The molecule has 104 valence electrons. The van der Waals surface area contributed by atoms with Crippen LogP contribution in [0.25, 0.3) is 17.0 Å². The fourth-order valence-corrected chi connectivity index (χ4v) is 2.14. The van der Waals surface area contributed by atoms with Crippen molar-refractivity contribution in [1.82, 2.24) is 4.98 Å². The number of nitrogens with zero attached hydrogens (tertiary/aromatic N) is 1. The second kappa shape index (κ2) is 5.95. The van der Waals surface area contributed by atoms with Gasteiger partial charge in [-0.1, -0.05) is 13.0 Å². The fraction of sp³-hybridized carbons (Fsp3) is 0.235. The summed E-state index contributed by atoms with van der Waals surface area (Å²) in [6.45, 7) is 5.37. The average molecular weight is 273 g/mol. The normalized spacial score (nSPS) is 11.8. The van der Waals surface area contributed by atoms with Crippen LogP contribution in [0.2, 0.25) is 0 Å². The van der Waals surface area contributed by atoms with E-state index in [1.54, 1.807) is 19.2 Å². The number of allylic oxidation sites excluding steroid dienone is 1. The van der Waals surface area contributed by atoms with Gasteiger partial charge < -0.3 is 0 Å². The Labute approximate surface area is 118 Å². The van der Waals surface area contributed by atoms with Crippen LogP contribution < -0.4 is 0 Å². The third-order valence-electron chi connectivity index (χ3n) is 3.32. The smallest absolute Gasteiger partial charge is 0.144 e. The van der Waals surface area contributed by atoms with Gasteiger partial charge in [0.1, 0.15) is 17.3 Å². The lowest BCUT2D eigenvalue weighted by molar-refractivity contribution is 0.612. The predicted molar refractivity (Wildman–Crippen MR) is 78.5 cm³/mol. The first-order chi connectivity index (χ1) is 9.56. The maximum Gasteiger partial charge on any atom is 0.144 e. The number of aryl methyl sites for hydroxylation is 2. The zero-order valence-electron chi connectivity index (χ0n) is 11.9. The molecule has 0 aliphatic rings. The van der Waals surface area contributed by atoms with Gasteiger partial charge in [-0.2, -0.15) is 0 Å². The van der Waals surface area contributed by atoms with Crippen molar-refractivity contribution in [2.24, 2.45) is 0 Å². The van der Waals surface area contributed by atoms with Crippen LogP contribution in [0.4, 0.5) is 8.78 Å². The number of aromatic nitrogens is 1. The van der Waals surface area contributed by atoms with Crippen molar-refractivity contribution in [2.75, 3.05) is 0 Å². The van der Waals surface area contributed by atoms with Gasteiger partial charge in [0.15, 0.2) is 0 Å². The molecule has 0 aliphatic carbocycles. The van der Waals surface area contributed by atoms with Gasteiger partial charge >= 0.3 is 0 Å². The third kappa shape index (κ3) is 2.77. The lowest BCUT2D eigenvalue weighted by Gasteiger charge is -2.08. The molecule has 0 atom stereocenters. The average Bonchev–Trinajstić information content (AvgIpc) is 2.47. The molecule has 0 N–H and O–H groups in total. The van der Waals surface area contributed by atoms with E-state index in [0.717, 1.165) is 16.7 Å². The van der Waals surface area contributed by atoms with Crippen LogP contribution in [0, 0.1) is 12.7 Å². The topological polar surface area (TPSA) is 12.9 Å². The molecule has 0 saturated heterocycles. The minimum atomic E-state index is -0.331. The highest BCUT2D eigenvalue weighted by Gasteiger charge is 2.09. The summed E-state index contributed by atoms with van der Waals surface area (Å²) < 4.78 is 27.1.